The molecule has 0 radical (unpaired) electrons. The van der Waals surface area contributed by atoms with Gasteiger partial charge in [-0.3, -0.25) is 0 Å². The number of hydrogen-bond acceptors (Lipinski definition) is 3. The number of nitrogens with zero attached hydrogens (tertiary/aromatic N) is 2. The van der Waals surface area contributed by atoms with Crippen molar-refractivity contribution in [3.63, 3.8) is 0 Å². The monoisotopic (exact) mass is 780 g/mol. The molecule has 0 aliphatic heterocycles. The van der Waals surface area contributed by atoms with E-state index in [2.05, 4.69) is 252 Å². The SMILES string of the molecule is c1ccc(-c2ccc(-c3ccc(N(c4ccccc4)c4cc(N(c5ccccc5)c5ccc(-c6ccccc6)cc5)c5oc6cc7ccccc7cc6c5c4)cc3)cc2)cc1. The first-order chi connectivity index (χ1) is 30.2. The first-order valence-electron chi connectivity index (χ1n) is 20.7. The summed E-state index contributed by atoms with van der Waals surface area (Å²) in [6.45, 7) is 0. The van der Waals surface area contributed by atoms with E-state index in [9.17, 15) is 0 Å². The van der Waals surface area contributed by atoms with E-state index in [4.69, 9.17) is 4.42 Å². The molecule has 3 nitrogen and oxygen atoms in total. The molecule has 0 saturated heterocycles. The second-order valence-electron chi connectivity index (χ2n) is 15.4. The Labute approximate surface area is 355 Å². The van der Waals surface area contributed by atoms with Crippen molar-refractivity contribution in [1.29, 1.82) is 0 Å². The van der Waals surface area contributed by atoms with Crippen LogP contribution < -0.4 is 9.80 Å². The zero-order chi connectivity index (χ0) is 40.5. The van der Waals surface area contributed by atoms with Gasteiger partial charge in [-0.2, -0.15) is 0 Å². The Bertz CT molecular complexity index is 3250. The van der Waals surface area contributed by atoms with Gasteiger partial charge in [0.05, 0.1) is 5.69 Å². The van der Waals surface area contributed by atoms with E-state index in [-0.39, 0.29) is 0 Å². The van der Waals surface area contributed by atoms with E-state index in [1.54, 1.807) is 0 Å². The van der Waals surface area contributed by atoms with Gasteiger partial charge in [-0.1, -0.05) is 170 Å². The molecule has 0 unspecified atom stereocenters. The zero-order valence-electron chi connectivity index (χ0n) is 33.4. The molecule has 10 aromatic carbocycles. The Balaban J connectivity index is 1.10. The molecule has 288 valence electrons. The van der Waals surface area contributed by atoms with E-state index in [0.717, 1.165) is 72.6 Å². The lowest BCUT2D eigenvalue weighted by molar-refractivity contribution is 0.669. The number of anilines is 6. The van der Waals surface area contributed by atoms with Gasteiger partial charge in [-0.15, -0.1) is 0 Å². The van der Waals surface area contributed by atoms with Crippen LogP contribution in [0.1, 0.15) is 0 Å². The van der Waals surface area contributed by atoms with Crippen molar-refractivity contribution in [2.75, 3.05) is 9.80 Å². The van der Waals surface area contributed by atoms with E-state index in [1.807, 2.05) is 0 Å². The molecule has 11 aromatic rings. The molecular formula is C58H40N2O. The zero-order valence-corrected chi connectivity index (χ0v) is 33.4. The molecular weight excluding hydrogens is 741 g/mol. The van der Waals surface area contributed by atoms with Gasteiger partial charge in [0.25, 0.3) is 0 Å². The molecule has 3 heteroatoms. The fraction of sp³-hybridized carbons (Fsp3) is 0. The highest BCUT2D eigenvalue weighted by atomic mass is 16.3. The summed E-state index contributed by atoms with van der Waals surface area (Å²) in [7, 11) is 0. The van der Waals surface area contributed by atoms with Crippen molar-refractivity contribution in [3.8, 4) is 33.4 Å². The van der Waals surface area contributed by atoms with Crippen molar-refractivity contribution in [1.82, 2.24) is 0 Å². The Kier molecular flexibility index (Phi) is 9.18. The van der Waals surface area contributed by atoms with Gasteiger partial charge in [-0.25, -0.2) is 0 Å². The van der Waals surface area contributed by atoms with Gasteiger partial charge in [0.1, 0.15) is 5.58 Å². The number of fused-ring (bicyclic) bond motifs is 4. The number of hydrogen-bond donors (Lipinski definition) is 0. The molecule has 0 amide bonds. The molecule has 11 rings (SSSR count). The minimum atomic E-state index is 0.826. The number of furan rings is 1. The average molecular weight is 781 g/mol. The van der Waals surface area contributed by atoms with Crippen LogP contribution in [0.2, 0.25) is 0 Å². The first-order valence-corrected chi connectivity index (χ1v) is 20.7. The maximum atomic E-state index is 7.00. The summed E-state index contributed by atoms with van der Waals surface area (Å²) < 4.78 is 7.00. The molecule has 1 heterocycles. The van der Waals surface area contributed by atoms with Gasteiger partial charge in [-0.05, 0) is 117 Å². The Morgan fingerprint density at radius 2 is 0.639 bits per heavy atom. The van der Waals surface area contributed by atoms with Gasteiger partial charge < -0.3 is 14.2 Å². The van der Waals surface area contributed by atoms with Gasteiger partial charge >= 0.3 is 0 Å². The lowest BCUT2D eigenvalue weighted by Gasteiger charge is -2.29. The highest BCUT2D eigenvalue weighted by molar-refractivity contribution is 6.15. The highest BCUT2D eigenvalue weighted by Crippen LogP contribution is 2.48. The van der Waals surface area contributed by atoms with E-state index < -0.39 is 0 Å². The molecule has 0 N–H and O–H groups in total. The highest BCUT2D eigenvalue weighted by Gasteiger charge is 2.24. The first kappa shape index (κ1) is 36.0. The molecule has 0 saturated carbocycles. The fourth-order valence-corrected chi connectivity index (χ4v) is 8.58. The minimum Gasteiger partial charge on any atom is -0.454 e. The van der Waals surface area contributed by atoms with Crippen LogP contribution in [0.25, 0.3) is 66.1 Å². The predicted octanol–water partition coefficient (Wildman–Crippen LogP) is 16.7. The van der Waals surface area contributed by atoms with E-state index in [0.29, 0.717) is 0 Å². The summed E-state index contributed by atoms with van der Waals surface area (Å²) in [6, 6.07) is 86.4. The quantitative estimate of drug-likeness (QED) is 0.145. The van der Waals surface area contributed by atoms with Crippen molar-refractivity contribution >= 4 is 66.8 Å². The molecule has 0 atom stereocenters. The minimum absolute atomic E-state index is 0.826. The Hall–Kier alpha value is -8.14. The summed E-state index contributed by atoms with van der Waals surface area (Å²) in [5.41, 5.74) is 14.9. The maximum absolute atomic E-state index is 7.00. The number of rotatable bonds is 9. The molecule has 1 aromatic heterocycles. The second kappa shape index (κ2) is 15.6. The Morgan fingerprint density at radius 3 is 1.15 bits per heavy atom. The third-order valence-electron chi connectivity index (χ3n) is 11.6. The van der Waals surface area contributed by atoms with E-state index in [1.165, 1.54) is 27.6 Å². The van der Waals surface area contributed by atoms with Crippen molar-refractivity contribution in [2.24, 2.45) is 0 Å². The smallest absolute Gasteiger partial charge is 0.159 e. The van der Waals surface area contributed by atoms with Crippen LogP contribution >= 0.6 is 0 Å². The fourth-order valence-electron chi connectivity index (χ4n) is 8.58. The average Bonchev–Trinajstić information content (AvgIpc) is 3.70. The lowest BCUT2D eigenvalue weighted by Crippen LogP contribution is -2.13. The summed E-state index contributed by atoms with van der Waals surface area (Å²) in [5.74, 6) is 0. The number of para-hydroxylation sites is 2. The van der Waals surface area contributed by atoms with Crippen LogP contribution in [-0.2, 0) is 0 Å². The van der Waals surface area contributed by atoms with Crippen LogP contribution in [0.4, 0.5) is 34.1 Å². The molecule has 0 bridgehead atoms. The van der Waals surface area contributed by atoms with Crippen LogP contribution in [0.3, 0.4) is 0 Å². The van der Waals surface area contributed by atoms with Crippen LogP contribution in [0.5, 0.6) is 0 Å². The topological polar surface area (TPSA) is 19.6 Å². The third-order valence-corrected chi connectivity index (χ3v) is 11.6. The summed E-state index contributed by atoms with van der Waals surface area (Å²) in [5, 5.41) is 4.44. The second-order valence-corrected chi connectivity index (χ2v) is 15.4. The van der Waals surface area contributed by atoms with Crippen molar-refractivity contribution < 1.29 is 4.42 Å². The van der Waals surface area contributed by atoms with Crippen LogP contribution in [-0.4, -0.2) is 0 Å². The summed E-state index contributed by atoms with van der Waals surface area (Å²) >= 11 is 0. The molecule has 0 fully saturated rings. The van der Waals surface area contributed by atoms with Crippen LogP contribution in [0, 0.1) is 0 Å². The van der Waals surface area contributed by atoms with Crippen LogP contribution in [0.15, 0.2) is 247 Å². The summed E-state index contributed by atoms with van der Waals surface area (Å²) in [6.07, 6.45) is 0. The molecule has 61 heavy (non-hydrogen) atoms. The molecule has 0 aliphatic rings. The van der Waals surface area contributed by atoms with Gasteiger partial charge in [0.15, 0.2) is 5.58 Å². The molecule has 0 aliphatic carbocycles. The normalized spacial score (nSPS) is 11.3. The van der Waals surface area contributed by atoms with E-state index >= 15 is 0 Å². The lowest BCUT2D eigenvalue weighted by atomic mass is 10.00. The third kappa shape index (κ3) is 6.88. The maximum Gasteiger partial charge on any atom is 0.159 e. The standard InChI is InChI=1S/C58H40N2O/c1-5-15-41(16-6-1)43-25-27-44(28-26-43)46-29-33-51(34-30-46)59(49-21-9-3-10-22-49)53-39-55-54-37-47-19-13-14-20-48(47)38-57(54)61-58(55)56(40-53)60(50-23-11-4-12-24-50)52-35-31-45(32-36-52)42-17-7-2-8-18-42/h1-40H. The van der Waals surface area contributed by atoms with Crippen molar-refractivity contribution in [3.05, 3.63) is 243 Å². The Morgan fingerprint density at radius 1 is 0.262 bits per heavy atom. The summed E-state index contributed by atoms with van der Waals surface area (Å²) in [4.78, 5) is 4.68. The number of benzene rings is 10. The predicted molar refractivity (Wildman–Crippen MR) is 257 cm³/mol. The van der Waals surface area contributed by atoms with Gasteiger partial charge in [0.2, 0.25) is 0 Å². The van der Waals surface area contributed by atoms with Gasteiger partial charge in [0, 0.05) is 39.2 Å². The van der Waals surface area contributed by atoms with Crippen molar-refractivity contribution in [2.45, 2.75) is 0 Å². The molecule has 0 spiro atoms. The largest absolute Gasteiger partial charge is 0.454 e.